The first-order chi connectivity index (χ1) is 14.9. The maximum Gasteiger partial charge on any atom is 0.308 e. The zero-order chi connectivity index (χ0) is 22.5. The number of halogens is 1. The van der Waals surface area contributed by atoms with Gasteiger partial charge in [0.05, 0.1) is 31.3 Å². The molecular weight excluding hydrogens is 466 g/mol. The summed E-state index contributed by atoms with van der Waals surface area (Å²) in [5.41, 5.74) is 0.951. The van der Waals surface area contributed by atoms with Gasteiger partial charge in [0.1, 0.15) is 5.82 Å². The molecule has 0 spiro atoms. The average molecular weight is 488 g/mol. The number of carbonyl (C=O) groups is 1. The molecule has 0 saturated heterocycles. The van der Waals surface area contributed by atoms with Gasteiger partial charge in [0.15, 0.2) is 11.5 Å². The van der Waals surface area contributed by atoms with E-state index in [0.717, 1.165) is 10.9 Å². The Morgan fingerprint density at radius 2 is 1.87 bits per heavy atom. The van der Waals surface area contributed by atoms with Crippen molar-refractivity contribution < 1.29 is 19.0 Å². The lowest BCUT2D eigenvalue weighted by Gasteiger charge is -2.13. The number of hydrogen-bond donors (Lipinski definition) is 0. The molecule has 162 valence electrons. The number of benzene rings is 2. The van der Waals surface area contributed by atoms with E-state index in [9.17, 15) is 9.59 Å². The van der Waals surface area contributed by atoms with Gasteiger partial charge < -0.3 is 14.2 Å². The van der Waals surface area contributed by atoms with Crippen molar-refractivity contribution in [2.24, 2.45) is 5.10 Å². The van der Waals surface area contributed by atoms with Crippen LogP contribution in [-0.2, 0) is 11.2 Å². The quantitative estimate of drug-likeness (QED) is 0.284. The van der Waals surface area contributed by atoms with Crippen molar-refractivity contribution >= 4 is 39.0 Å². The van der Waals surface area contributed by atoms with Gasteiger partial charge in [0.25, 0.3) is 5.56 Å². The molecule has 0 aliphatic heterocycles. The Kier molecular flexibility index (Phi) is 7.06. The highest BCUT2D eigenvalue weighted by Gasteiger charge is 2.16. The van der Waals surface area contributed by atoms with Gasteiger partial charge in [-0.05, 0) is 36.8 Å². The van der Waals surface area contributed by atoms with E-state index in [2.05, 4.69) is 26.0 Å². The molecule has 0 aliphatic rings. The van der Waals surface area contributed by atoms with Crippen molar-refractivity contribution in [1.29, 1.82) is 0 Å². The summed E-state index contributed by atoms with van der Waals surface area (Å²) in [6.07, 6.45) is 2.91. The van der Waals surface area contributed by atoms with Gasteiger partial charge in [-0.3, -0.25) is 9.59 Å². The fraction of sp³-hybridized carbons (Fsp3) is 0.273. The number of hydrogen-bond acceptors (Lipinski definition) is 7. The smallest absolute Gasteiger partial charge is 0.308 e. The van der Waals surface area contributed by atoms with Gasteiger partial charge >= 0.3 is 5.97 Å². The van der Waals surface area contributed by atoms with Crippen LogP contribution in [0.15, 0.2) is 44.7 Å². The van der Waals surface area contributed by atoms with E-state index < -0.39 is 5.97 Å². The molecule has 0 atom stereocenters. The molecule has 0 fully saturated rings. The third-order valence-corrected chi connectivity index (χ3v) is 4.89. The second kappa shape index (κ2) is 9.74. The summed E-state index contributed by atoms with van der Waals surface area (Å²) in [7, 11) is 2.91. The van der Waals surface area contributed by atoms with Gasteiger partial charge in [-0.2, -0.15) is 9.78 Å². The number of nitrogens with zero attached hydrogens (tertiary/aromatic N) is 3. The molecule has 0 amide bonds. The topological polar surface area (TPSA) is 92.0 Å². The standard InChI is InChI=1S/C22H22BrN3O5/c1-5-6-20-25-17-8-7-15(23)11-16(17)22(28)26(20)24-12-14-9-18(29-3)21(31-13(2)27)19(10-14)30-4/h7-12H,5-6H2,1-4H3. The normalized spacial score (nSPS) is 11.1. The van der Waals surface area contributed by atoms with Crippen molar-refractivity contribution in [3.63, 3.8) is 0 Å². The first kappa shape index (κ1) is 22.5. The Labute approximate surface area is 187 Å². The minimum absolute atomic E-state index is 0.177. The minimum Gasteiger partial charge on any atom is -0.493 e. The summed E-state index contributed by atoms with van der Waals surface area (Å²) < 4.78 is 18.0. The van der Waals surface area contributed by atoms with E-state index in [-0.39, 0.29) is 11.3 Å². The molecule has 0 radical (unpaired) electrons. The Balaban J connectivity index is 2.12. The number of methoxy groups -OCH3 is 2. The lowest BCUT2D eigenvalue weighted by Crippen LogP contribution is -2.22. The molecular formula is C22H22BrN3O5. The molecule has 0 bridgehead atoms. The largest absolute Gasteiger partial charge is 0.493 e. The second-order valence-corrected chi connectivity index (χ2v) is 7.56. The van der Waals surface area contributed by atoms with Crippen LogP contribution in [0, 0.1) is 0 Å². The van der Waals surface area contributed by atoms with Gasteiger partial charge in [-0.15, -0.1) is 0 Å². The Morgan fingerprint density at radius 3 is 2.45 bits per heavy atom. The molecule has 8 nitrogen and oxygen atoms in total. The fourth-order valence-corrected chi connectivity index (χ4v) is 3.40. The fourth-order valence-electron chi connectivity index (χ4n) is 3.04. The van der Waals surface area contributed by atoms with Crippen LogP contribution in [0.4, 0.5) is 0 Å². The van der Waals surface area contributed by atoms with Crippen LogP contribution in [0.5, 0.6) is 17.2 Å². The molecule has 1 aromatic heterocycles. The van der Waals surface area contributed by atoms with Crippen LogP contribution in [0.2, 0.25) is 0 Å². The molecule has 0 N–H and O–H groups in total. The predicted octanol–water partition coefficient (Wildman–Crippen LogP) is 3.94. The van der Waals surface area contributed by atoms with Gasteiger partial charge in [0.2, 0.25) is 5.75 Å². The monoisotopic (exact) mass is 487 g/mol. The van der Waals surface area contributed by atoms with Gasteiger partial charge in [-0.25, -0.2) is 4.98 Å². The molecule has 2 aromatic carbocycles. The maximum atomic E-state index is 13.1. The van der Waals surface area contributed by atoms with Crippen LogP contribution in [-0.4, -0.2) is 36.1 Å². The molecule has 3 aromatic rings. The van der Waals surface area contributed by atoms with Crippen LogP contribution in [0.3, 0.4) is 0 Å². The third-order valence-electron chi connectivity index (χ3n) is 4.40. The van der Waals surface area contributed by atoms with E-state index in [0.29, 0.717) is 40.2 Å². The lowest BCUT2D eigenvalue weighted by atomic mass is 10.2. The number of fused-ring (bicyclic) bond motifs is 1. The molecule has 0 saturated carbocycles. The zero-order valence-electron chi connectivity index (χ0n) is 17.6. The second-order valence-electron chi connectivity index (χ2n) is 6.65. The van der Waals surface area contributed by atoms with E-state index in [4.69, 9.17) is 14.2 Å². The van der Waals surface area contributed by atoms with Crippen LogP contribution < -0.4 is 19.8 Å². The summed E-state index contributed by atoms with van der Waals surface area (Å²) in [6.45, 7) is 3.30. The van der Waals surface area contributed by atoms with Crippen molar-refractivity contribution in [1.82, 2.24) is 9.66 Å². The first-order valence-corrected chi connectivity index (χ1v) is 10.4. The highest BCUT2D eigenvalue weighted by molar-refractivity contribution is 9.10. The van der Waals surface area contributed by atoms with Crippen LogP contribution in [0.25, 0.3) is 10.9 Å². The molecule has 1 heterocycles. The number of rotatable bonds is 7. The highest BCUT2D eigenvalue weighted by Crippen LogP contribution is 2.38. The van der Waals surface area contributed by atoms with Crippen molar-refractivity contribution in [3.05, 3.63) is 56.5 Å². The predicted molar refractivity (Wildman–Crippen MR) is 122 cm³/mol. The van der Waals surface area contributed by atoms with E-state index in [1.165, 1.54) is 32.0 Å². The lowest BCUT2D eigenvalue weighted by molar-refractivity contribution is -0.132. The minimum atomic E-state index is -0.498. The van der Waals surface area contributed by atoms with Gasteiger partial charge in [0, 0.05) is 23.4 Å². The number of aryl methyl sites for hydroxylation is 1. The maximum absolute atomic E-state index is 13.1. The van der Waals surface area contributed by atoms with Crippen molar-refractivity contribution in [3.8, 4) is 17.2 Å². The Morgan fingerprint density at radius 1 is 1.19 bits per heavy atom. The Hall–Kier alpha value is -3.20. The zero-order valence-corrected chi connectivity index (χ0v) is 19.2. The third kappa shape index (κ3) is 4.93. The summed E-state index contributed by atoms with van der Waals surface area (Å²) >= 11 is 3.39. The molecule has 0 aliphatic carbocycles. The number of carbonyl (C=O) groups excluding carboxylic acids is 1. The van der Waals surface area contributed by atoms with E-state index in [1.54, 1.807) is 24.3 Å². The van der Waals surface area contributed by atoms with Crippen molar-refractivity contribution in [2.75, 3.05) is 14.2 Å². The average Bonchev–Trinajstić information content (AvgIpc) is 2.74. The molecule has 0 unspecified atom stereocenters. The van der Waals surface area contributed by atoms with Crippen molar-refractivity contribution in [2.45, 2.75) is 26.7 Å². The number of aromatic nitrogens is 2. The molecule has 9 heteroatoms. The number of esters is 1. The van der Waals surface area contributed by atoms with Crippen LogP contribution in [0.1, 0.15) is 31.7 Å². The van der Waals surface area contributed by atoms with E-state index in [1.807, 2.05) is 13.0 Å². The number of ether oxygens (including phenoxy) is 3. The summed E-state index contributed by atoms with van der Waals surface area (Å²) in [6, 6.07) is 8.66. The summed E-state index contributed by atoms with van der Waals surface area (Å²) in [4.78, 5) is 29.1. The molecule has 31 heavy (non-hydrogen) atoms. The van der Waals surface area contributed by atoms with Crippen LogP contribution >= 0.6 is 15.9 Å². The highest BCUT2D eigenvalue weighted by atomic mass is 79.9. The Bertz CT molecular complexity index is 1190. The first-order valence-electron chi connectivity index (χ1n) is 9.57. The van der Waals surface area contributed by atoms with Gasteiger partial charge in [-0.1, -0.05) is 22.9 Å². The summed E-state index contributed by atoms with van der Waals surface area (Å²) in [5, 5.41) is 4.86. The van der Waals surface area contributed by atoms with E-state index >= 15 is 0 Å². The SMILES string of the molecule is CCCc1nc2ccc(Br)cc2c(=O)n1N=Cc1cc(OC)c(OC(C)=O)c(OC)c1. The summed E-state index contributed by atoms with van der Waals surface area (Å²) in [5.74, 6) is 0.849. The molecule has 3 rings (SSSR count).